The minimum atomic E-state index is -0.336. The summed E-state index contributed by atoms with van der Waals surface area (Å²) in [4.78, 5) is 19.5. The van der Waals surface area contributed by atoms with Crippen molar-refractivity contribution in [3.8, 4) is 0 Å². The van der Waals surface area contributed by atoms with Gasteiger partial charge in [-0.1, -0.05) is 6.92 Å². The smallest absolute Gasteiger partial charge is 0.265 e. The van der Waals surface area contributed by atoms with Crippen LogP contribution in [0.1, 0.15) is 27.3 Å². The van der Waals surface area contributed by atoms with Gasteiger partial charge >= 0.3 is 0 Å². The van der Waals surface area contributed by atoms with E-state index in [1.54, 1.807) is 0 Å². The van der Waals surface area contributed by atoms with Gasteiger partial charge in [0.05, 0.1) is 15.9 Å². The molecule has 1 rings (SSSR count). The van der Waals surface area contributed by atoms with Crippen LogP contribution in [0.5, 0.6) is 0 Å². The predicted octanol–water partition coefficient (Wildman–Crippen LogP) is 2.26. The number of carbonyl (C=O) groups is 1. The number of carbonyl (C=O) groups excluding carboxylic acids is 1. The van der Waals surface area contributed by atoms with Gasteiger partial charge in [0, 0.05) is 0 Å². The fourth-order valence-electron chi connectivity index (χ4n) is 0.969. The lowest BCUT2D eigenvalue weighted by molar-refractivity contribution is 0.101. The van der Waals surface area contributed by atoms with Crippen LogP contribution >= 0.6 is 23.6 Å². The molecule has 0 saturated heterocycles. The largest absolute Gasteiger partial charge is 0.297 e. The Bertz CT molecular complexity index is 377. The molecule has 0 bridgehead atoms. The zero-order chi connectivity index (χ0) is 9.84. The summed E-state index contributed by atoms with van der Waals surface area (Å²) in [5.74, 6) is -0.336. The highest BCUT2D eigenvalue weighted by atomic mass is 32.1. The minimum Gasteiger partial charge on any atom is -0.265 e. The van der Waals surface area contributed by atoms with Crippen molar-refractivity contribution >= 4 is 34.6 Å². The third-order valence-corrected chi connectivity index (χ3v) is 2.57. The molecular formula is C8H8N2OS2. The van der Waals surface area contributed by atoms with Crippen molar-refractivity contribution in [2.24, 2.45) is 4.99 Å². The molecule has 1 amide bonds. The van der Waals surface area contributed by atoms with Crippen molar-refractivity contribution in [1.82, 2.24) is 4.98 Å². The van der Waals surface area contributed by atoms with E-state index in [1.807, 2.05) is 13.8 Å². The van der Waals surface area contributed by atoms with E-state index < -0.39 is 0 Å². The molecule has 0 spiro atoms. The fraction of sp³-hybridized carbons (Fsp3) is 0.375. The summed E-state index contributed by atoms with van der Waals surface area (Å²) in [5, 5.41) is 2.94. The summed E-state index contributed by atoms with van der Waals surface area (Å²) < 4.78 is 0. The van der Waals surface area contributed by atoms with Crippen molar-refractivity contribution < 1.29 is 4.79 Å². The first-order chi connectivity index (χ1) is 6.19. The predicted molar refractivity (Wildman–Crippen MR) is 55.6 cm³/mol. The van der Waals surface area contributed by atoms with Gasteiger partial charge in [-0.3, -0.25) is 4.79 Å². The summed E-state index contributed by atoms with van der Waals surface area (Å²) in [5.41, 5.74) is 0.793. The van der Waals surface area contributed by atoms with Gasteiger partial charge in [-0.05, 0) is 25.6 Å². The molecule has 0 atom stereocenters. The number of nitrogens with zero attached hydrogens (tertiary/aromatic N) is 2. The van der Waals surface area contributed by atoms with Gasteiger partial charge in [0.1, 0.15) is 4.88 Å². The van der Waals surface area contributed by atoms with Crippen LogP contribution in [0.2, 0.25) is 0 Å². The van der Waals surface area contributed by atoms with Crippen molar-refractivity contribution in [1.29, 1.82) is 0 Å². The Labute approximate surface area is 85.5 Å². The molecule has 5 heteroatoms. The van der Waals surface area contributed by atoms with Gasteiger partial charge in [-0.25, -0.2) is 4.98 Å². The summed E-state index contributed by atoms with van der Waals surface area (Å²) in [6, 6.07) is 0. The first kappa shape index (κ1) is 10.2. The van der Waals surface area contributed by atoms with Gasteiger partial charge < -0.3 is 0 Å². The number of isothiocyanates is 1. The highest BCUT2D eigenvalue weighted by Crippen LogP contribution is 2.19. The van der Waals surface area contributed by atoms with Gasteiger partial charge in [-0.2, -0.15) is 4.99 Å². The Kier molecular flexibility index (Phi) is 3.42. The maximum Gasteiger partial charge on any atom is 0.297 e. The molecule has 13 heavy (non-hydrogen) atoms. The number of aromatic nitrogens is 1. The van der Waals surface area contributed by atoms with Crippen LogP contribution in [0, 0.1) is 6.92 Å². The number of rotatable bonds is 2. The molecule has 1 heterocycles. The quantitative estimate of drug-likeness (QED) is 0.558. The molecule has 0 saturated carbocycles. The molecule has 3 nitrogen and oxygen atoms in total. The normalized spacial score (nSPS) is 9.38. The summed E-state index contributed by atoms with van der Waals surface area (Å²) in [6.45, 7) is 3.81. The van der Waals surface area contributed by atoms with Gasteiger partial charge in [0.25, 0.3) is 5.91 Å². The fourth-order valence-corrected chi connectivity index (χ4v) is 1.94. The zero-order valence-electron chi connectivity index (χ0n) is 7.33. The highest BCUT2D eigenvalue weighted by molar-refractivity contribution is 7.78. The Morgan fingerprint density at radius 2 is 2.46 bits per heavy atom. The van der Waals surface area contributed by atoms with Gasteiger partial charge in [0.2, 0.25) is 0 Å². The maximum absolute atomic E-state index is 11.3. The van der Waals surface area contributed by atoms with Crippen LogP contribution in [0.4, 0.5) is 0 Å². The van der Waals surface area contributed by atoms with E-state index in [4.69, 9.17) is 0 Å². The third-order valence-electron chi connectivity index (χ3n) is 1.48. The van der Waals surface area contributed by atoms with E-state index in [1.165, 1.54) is 11.3 Å². The lowest BCUT2D eigenvalue weighted by Crippen LogP contribution is -1.95. The second-order valence-corrected chi connectivity index (χ2v) is 3.76. The van der Waals surface area contributed by atoms with E-state index in [9.17, 15) is 4.79 Å². The second-order valence-electron chi connectivity index (χ2n) is 2.37. The molecule has 0 radical (unpaired) electrons. The molecule has 1 aromatic rings. The van der Waals surface area contributed by atoms with Crippen LogP contribution in [0.25, 0.3) is 0 Å². The second kappa shape index (κ2) is 4.37. The topological polar surface area (TPSA) is 42.3 Å². The van der Waals surface area contributed by atoms with Gasteiger partial charge in [-0.15, -0.1) is 11.3 Å². The zero-order valence-corrected chi connectivity index (χ0v) is 8.96. The van der Waals surface area contributed by atoms with Crippen molar-refractivity contribution in [3.05, 3.63) is 15.6 Å². The molecule has 0 aromatic carbocycles. The summed E-state index contributed by atoms with van der Waals surface area (Å²) >= 11 is 5.71. The van der Waals surface area contributed by atoms with Crippen molar-refractivity contribution in [2.75, 3.05) is 0 Å². The number of thiocarbonyl (C=S) groups is 1. The van der Waals surface area contributed by atoms with E-state index in [-0.39, 0.29) is 5.91 Å². The van der Waals surface area contributed by atoms with Crippen LogP contribution in [-0.2, 0) is 6.42 Å². The van der Waals surface area contributed by atoms with E-state index >= 15 is 0 Å². The lowest BCUT2D eigenvalue weighted by Gasteiger charge is -1.90. The molecule has 0 unspecified atom stereocenters. The lowest BCUT2D eigenvalue weighted by atomic mass is 10.3. The SMILES string of the molecule is CCc1nc(C)sc1C(=O)N=C=S. The summed E-state index contributed by atoms with van der Waals surface area (Å²) in [6.07, 6.45) is 0.734. The molecule has 0 aliphatic carbocycles. The van der Waals surface area contributed by atoms with Crippen LogP contribution in [-0.4, -0.2) is 16.1 Å². The molecular weight excluding hydrogens is 204 g/mol. The Morgan fingerprint density at radius 3 is 3.00 bits per heavy atom. The Morgan fingerprint density at radius 1 is 1.77 bits per heavy atom. The van der Waals surface area contributed by atoms with E-state index in [2.05, 4.69) is 27.4 Å². The third kappa shape index (κ3) is 2.28. The average molecular weight is 212 g/mol. The van der Waals surface area contributed by atoms with E-state index in [0.717, 1.165) is 17.1 Å². The number of aryl methyl sites for hydroxylation is 2. The number of hydrogen-bond donors (Lipinski definition) is 0. The number of hydrogen-bond acceptors (Lipinski definition) is 4. The van der Waals surface area contributed by atoms with Crippen LogP contribution in [0.3, 0.4) is 0 Å². The number of thiazole rings is 1. The summed E-state index contributed by atoms with van der Waals surface area (Å²) in [7, 11) is 0. The maximum atomic E-state index is 11.3. The molecule has 68 valence electrons. The Hall–Kier alpha value is -0.900. The van der Waals surface area contributed by atoms with Crippen molar-refractivity contribution in [3.63, 3.8) is 0 Å². The van der Waals surface area contributed by atoms with Gasteiger partial charge in [0.15, 0.2) is 0 Å². The average Bonchev–Trinajstić information content (AvgIpc) is 2.47. The molecule has 0 fully saturated rings. The van der Waals surface area contributed by atoms with Crippen LogP contribution < -0.4 is 0 Å². The molecule has 0 aliphatic heterocycles. The monoisotopic (exact) mass is 212 g/mol. The standard InChI is InChI=1S/C8H8N2OS2/c1-3-6-7(8(11)9-4-12)13-5(2)10-6/h3H2,1-2H3. The molecule has 0 N–H and O–H groups in total. The highest BCUT2D eigenvalue weighted by Gasteiger charge is 2.13. The van der Waals surface area contributed by atoms with Crippen molar-refractivity contribution in [2.45, 2.75) is 20.3 Å². The first-order valence-electron chi connectivity index (χ1n) is 3.77. The number of aliphatic imine (C=N–C) groups is 1. The molecule has 0 aliphatic rings. The van der Waals surface area contributed by atoms with E-state index in [0.29, 0.717) is 4.88 Å². The van der Waals surface area contributed by atoms with Crippen LogP contribution in [0.15, 0.2) is 4.99 Å². The Balaban J connectivity index is 3.12. The number of amides is 1. The molecule has 1 aromatic heterocycles. The minimum absolute atomic E-state index is 0.336. The first-order valence-corrected chi connectivity index (χ1v) is 5.00.